The number of carbonyl (C=O) groups excluding carboxylic acids is 1. The summed E-state index contributed by atoms with van der Waals surface area (Å²) in [7, 11) is 0. The molecule has 3 nitrogen and oxygen atoms in total. The summed E-state index contributed by atoms with van der Waals surface area (Å²) in [6.07, 6.45) is 1.42. The molecule has 1 rings (SSSR count). The zero-order valence-corrected chi connectivity index (χ0v) is 6.93. The molecule has 0 aliphatic carbocycles. The summed E-state index contributed by atoms with van der Waals surface area (Å²) in [6, 6.07) is 3.02. The van der Waals surface area contributed by atoms with E-state index in [9.17, 15) is 9.28 Å². The van der Waals surface area contributed by atoms with E-state index in [4.69, 9.17) is 0 Å². The molecule has 0 unspecified atom stereocenters. The Hall–Kier alpha value is -0.970. The van der Waals surface area contributed by atoms with E-state index in [0.717, 1.165) is 10.0 Å². The Morgan fingerprint density at radius 1 is 1.64 bits per heavy atom. The third kappa shape index (κ3) is 1.98. The number of hydrogen-bond donors (Lipinski definition) is 1. The minimum Gasteiger partial charge on any atom is -0.265 e. The Labute approximate surface area is 70.7 Å². The first-order chi connectivity index (χ1) is 5.24. The number of carbonyl (C=O) groups is 1. The second kappa shape index (κ2) is 3.43. The lowest BCUT2D eigenvalue weighted by atomic mass is 10.3. The normalized spacial score (nSPS) is 9.27. The van der Waals surface area contributed by atoms with Gasteiger partial charge in [0.2, 0.25) is 0 Å². The van der Waals surface area contributed by atoms with Crippen molar-refractivity contribution in [2.45, 2.75) is 0 Å². The fraction of sp³-hybridized carbons (Fsp3) is 0. The average molecular weight is 219 g/mol. The summed E-state index contributed by atoms with van der Waals surface area (Å²) >= 11 is 3.13. The molecular formula is C6H4BrFN2O. The van der Waals surface area contributed by atoms with Crippen molar-refractivity contribution in [3.63, 3.8) is 0 Å². The van der Waals surface area contributed by atoms with Crippen LogP contribution >= 0.6 is 15.9 Å². The highest BCUT2D eigenvalue weighted by Crippen LogP contribution is 2.06. The van der Waals surface area contributed by atoms with E-state index in [-0.39, 0.29) is 5.69 Å². The maximum Gasteiger partial charge on any atom is 0.297 e. The van der Waals surface area contributed by atoms with Crippen molar-refractivity contribution in [3.8, 4) is 0 Å². The molecule has 1 amide bonds. The molecule has 1 aromatic heterocycles. The summed E-state index contributed by atoms with van der Waals surface area (Å²) in [5.74, 6) is -0.836. The minimum atomic E-state index is -0.836. The molecule has 0 aliphatic heterocycles. The van der Waals surface area contributed by atoms with Crippen LogP contribution in [0.25, 0.3) is 0 Å². The third-order valence-electron chi connectivity index (χ3n) is 1.05. The summed E-state index contributed by atoms with van der Waals surface area (Å²) in [6.45, 7) is 0. The van der Waals surface area contributed by atoms with Crippen molar-refractivity contribution in [1.82, 2.24) is 10.5 Å². The van der Waals surface area contributed by atoms with E-state index in [1.165, 1.54) is 12.3 Å². The second-order valence-electron chi connectivity index (χ2n) is 1.79. The maximum atomic E-state index is 11.5. The van der Waals surface area contributed by atoms with Crippen LogP contribution in [0.5, 0.6) is 0 Å². The SMILES string of the molecule is O=C(NF)c1ccc(Br)cn1. The van der Waals surface area contributed by atoms with Gasteiger partial charge in [-0.25, -0.2) is 4.98 Å². The largest absolute Gasteiger partial charge is 0.297 e. The van der Waals surface area contributed by atoms with Crippen LogP contribution in [0.3, 0.4) is 0 Å². The number of nitrogens with one attached hydrogen (secondary N) is 1. The van der Waals surface area contributed by atoms with Gasteiger partial charge in [-0.2, -0.15) is 5.54 Å². The summed E-state index contributed by atoms with van der Waals surface area (Å²) in [5, 5.41) is 0. The van der Waals surface area contributed by atoms with Crippen LogP contribution < -0.4 is 5.54 Å². The van der Waals surface area contributed by atoms with Crippen molar-refractivity contribution in [2.75, 3.05) is 0 Å². The van der Waals surface area contributed by atoms with Crippen LogP contribution in [0.2, 0.25) is 0 Å². The Morgan fingerprint density at radius 2 is 2.36 bits per heavy atom. The van der Waals surface area contributed by atoms with Gasteiger partial charge in [0.1, 0.15) is 5.69 Å². The maximum absolute atomic E-state index is 11.5. The van der Waals surface area contributed by atoms with Crippen molar-refractivity contribution in [1.29, 1.82) is 0 Å². The van der Waals surface area contributed by atoms with Gasteiger partial charge in [-0.15, -0.1) is 0 Å². The summed E-state index contributed by atoms with van der Waals surface area (Å²) in [5.41, 5.74) is 1.04. The highest BCUT2D eigenvalue weighted by Gasteiger charge is 2.04. The Morgan fingerprint density at radius 3 is 2.82 bits per heavy atom. The van der Waals surface area contributed by atoms with Gasteiger partial charge in [-0.05, 0) is 28.1 Å². The first-order valence-electron chi connectivity index (χ1n) is 2.76. The fourth-order valence-corrected chi connectivity index (χ4v) is 0.793. The third-order valence-corrected chi connectivity index (χ3v) is 1.51. The van der Waals surface area contributed by atoms with Gasteiger partial charge < -0.3 is 0 Å². The molecule has 0 saturated carbocycles. The molecule has 0 bridgehead atoms. The highest BCUT2D eigenvalue weighted by molar-refractivity contribution is 9.10. The number of hydrogen-bond acceptors (Lipinski definition) is 2. The molecule has 1 heterocycles. The van der Waals surface area contributed by atoms with Gasteiger partial charge in [-0.3, -0.25) is 4.79 Å². The predicted molar refractivity (Wildman–Crippen MR) is 40.5 cm³/mol. The molecule has 1 N–H and O–H groups in total. The van der Waals surface area contributed by atoms with Crippen molar-refractivity contribution >= 4 is 21.8 Å². The van der Waals surface area contributed by atoms with Crippen molar-refractivity contribution in [2.24, 2.45) is 0 Å². The van der Waals surface area contributed by atoms with Crippen molar-refractivity contribution < 1.29 is 9.28 Å². The lowest BCUT2D eigenvalue weighted by molar-refractivity contribution is 0.0854. The van der Waals surface area contributed by atoms with Gasteiger partial charge >= 0.3 is 0 Å². The number of nitrogens with zero attached hydrogens (tertiary/aromatic N) is 1. The molecule has 1 aromatic rings. The summed E-state index contributed by atoms with van der Waals surface area (Å²) < 4.78 is 12.3. The van der Waals surface area contributed by atoms with Gasteiger partial charge in [0.15, 0.2) is 0 Å². The average Bonchev–Trinajstić information content (AvgIpc) is 2.05. The quantitative estimate of drug-likeness (QED) is 0.726. The first kappa shape index (κ1) is 8.13. The fourth-order valence-electron chi connectivity index (χ4n) is 0.559. The van der Waals surface area contributed by atoms with Crippen LogP contribution in [0.1, 0.15) is 10.5 Å². The van der Waals surface area contributed by atoms with E-state index in [1.54, 1.807) is 6.07 Å². The lowest BCUT2D eigenvalue weighted by Crippen LogP contribution is -2.14. The smallest absolute Gasteiger partial charge is 0.265 e. The zero-order chi connectivity index (χ0) is 8.27. The van der Waals surface area contributed by atoms with Crippen molar-refractivity contribution in [3.05, 3.63) is 28.5 Å². The molecule has 0 spiro atoms. The number of amides is 1. The predicted octanol–water partition coefficient (Wildman–Crippen LogP) is 1.46. The molecule has 5 heteroatoms. The van der Waals surface area contributed by atoms with Crippen LogP contribution in [-0.4, -0.2) is 10.9 Å². The van der Waals surface area contributed by atoms with E-state index >= 15 is 0 Å². The second-order valence-corrected chi connectivity index (χ2v) is 2.70. The highest BCUT2D eigenvalue weighted by atomic mass is 79.9. The Bertz CT molecular complexity index is 262. The van der Waals surface area contributed by atoms with Crippen LogP contribution in [-0.2, 0) is 0 Å². The minimum absolute atomic E-state index is 0.0516. The number of halogens is 2. The van der Waals surface area contributed by atoms with Crippen LogP contribution in [0.4, 0.5) is 4.48 Å². The van der Waals surface area contributed by atoms with Crippen LogP contribution in [0.15, 0.2) is 22.8 Å². The molecule has 0 aliphatic rings. The van der Waals surface area contributed by atoms with E-state index in [0.29, 0.717) is 0 Å². The molecule has 0 aromatic carbocycles. The van der Waals surface area contributed by atoms with E-state index in [1.807, 2.05) is 0 Å². The van der Waals surface area contributed by atoms with Gasteiger partial charge in [0.05, 0.1) is 0 Å². The van der Waals surface area contributed by atoms with Gasteiger partial charge in [0, 0.05) is 10.7 Å². The standard InChI is InChI=1S/C6H4BrFN2O/c7-4-1-2-5(9-3-4)6(11)10-8/h1-3H,(H,10,11). The molecule has 0 fully saturated rings. The Kier molecular flexibility index (Phi) is 2.53. The monoisotopic (exact) mass is 218 g/mol. The van der Waals surface area contributed by atoms with Crippen LogP contribution in [0, 0.1) is 0 Å². The summed E-state index contributed by atoms with van der Waals surface area (Å²) in [4.78, 5) is 14.2. The number of aromatic nitrogens is 1. The molecular weight excluding hydrogens is 215 g/mol. The Balaban J connectivity index is 2.90. The van der Waals surface area contributed by atoms with Gasteiger partial charge in [0.25, 0.3) is 5.91 Å². The molecule has 0 atom stereocenters. The van der Waals surface area contributed by atoms with Gasteiger partial charge in [-0.1, -0.05) is 4.48 Å². The zero-order valence-electron chi connectivity index (χ0n) is 5.34. The topological polar surface area (TPSA) is 42.0 Å². The number of rotatable bonds is 1. The molecule has 58 valence electrons. The van der Waals surface area contributed by atoms with E-state index in [2.05, 4.69) is 20.9 Å². The first-order valence-corrected chi connectivity index (χ1v) is 3.56. The lowest BCUT2D eigenvalue weighted by Gasteiger charge is -1.94. The van der Waals surface area contributed by atoms with E-state index < -0.39 is 5.91 Å². The molecule has 0 saturated heterocycles. The molecule has 11 heavy (non-hydrogen) atoms. The number of pyridine rings is 1. The molecule has 0 radical (unpaired) electrons.